The van der Waals surface area contributed by atoms with Gasteiger partial charge in [-0.3, -0.25) is 0 Å². The maximum Gasteiger partial charge on any atom is 0.0897 e. The maximum absolute atomic E-state index is 4.89. The summed E-state index contributed by atoms with van der Waals surface area (Å²) in [6.07, 6.45) is 13.1. The Kier molecular flexibility index (Phi) is 1.83. The molecular formula is C18H12N2. The maximum atomic E-state index is 4.89. The Morgan fingerprint density at radius 2 is 1.75 bits per heavy atom. The lowest BCUT2D eigenvalue weighted by atomic mass is 9.79. The first-order chi connectivity index (χ1) is 9.92. The van der Waals surface area contributed by atoms with Gasteiger partial charge in [0.25, 0.3) is 0 Å². The van der Waals surface area contributed by atoms with Crippen LogP contribution in [-0.4, -0.2) is 9.97 Å². The number of rotatable bonds is 0. The van der Waals surface area contributed by atoms with Gasteiger partial charge >= 0.3 is 0 Å². The van der Waals surface area contributed by atoms with E-state index in [0.29, 0.717) is 11.8 Å². The summed E-state index contributed by atoms with van der Waals surface area (Å²) in [5.41, 5.74) is 6.88. The lowest BCUT2D eigenvalue weighted by Gasteiger charge is -2.24. The van der Waals surface area contributed by atoms with Crippen molar-refractivity contribution >= 4 is 16.6 Å². The molecule has 20 heavy (non-hydrogen) atoms. The van der Waals surface area contributed by atoms with Crippen LogP contribution in [0.25, 0.3) is 16.6 Å². The van der Waals surface area contributed by atoms with E-state index >= 15 is 0 Å². The smallest absolute Gasteiger partial charge is 0.0897 e. The largest absolute Gasteiger partial charge is 0.248 e. The zero-order chi connectivity index (χ0) is 13.1. The van der Waals surface area contributed by atoms with Gasteiger partial charge in [0.15, 0.2) is 0 Å². The Bertz CT molecular complexity index is 868. The minimum atomic E-state index is 0.346. The molecule has 1 aromatic heterocycles. The van der Waals surface area contributed by atoms with Gasteiger partial charge in [0.05, 0.1) is 22.4 Å². The van der Waals surface area contributed by atoms with Crippen molar-refractivity contribution in [2.75, 3.05) is 0 Å². The molecule has 1 heterocycles. The highest BCUT2D eigenvalue weighted by atomic mass is 14.9. The summed E-state index contributed by atoms with van der Waals surface area (Å²) < 4.78 is 0. The normalized spacial score (nSPS) is 25.2. The molecule has 0 saturated carbocycles. The fraction of sp³-hybridized carbons (Fsp3) is 0.111. The molecule has 0 spiro atoms. The molecule has 2 aromatic rings. The summed E-state index contributed by atoms with van der Waals surface area (Å²) in [6.45, 7) is 0. The number of hydrogen-bond acceptors (Lipinski definition) is 2. The van der Waals surface area contributed by atoms with E-state index in [9.17, 15) is 0 Å². The van der Waals surface area contributed by atoms with Crippen LogP contribution in [0.4, 0.5) is 0 Å². The van der Waals surface area contributed by atoms with Crippen LogP contribution in [0, 0.1) is 5.92 Å². The summed E-state index contributed by atoms with van der Waals surface area (Å²) in [7, 11) is 0. The van der Waals surface area contributed by atoms with Gasteiger partial charge in [-0.15, -0.1) is 0 Å². The SMILES string of the molecule is C1=CC2=CC=C[C@@H]3c4nc5ccccc5nc4C(=C1)[C@@H]23. The second-order valence-electron chi connectivity index (χ2n) is 5.48. The fourth-order valence-corrected chi connectivity index (χ4v) is 3.54. The predicted molar refractivity (Wildman–Crippen MR) is 80.1 cm³/mol. The quantitative estimate of drug-likeness (QED) is 0.716. The molecule has 0 aliphatic heterocycles. The van der Waals surface area contributed by atoms with E-state index in [-0.39, 0.29) is 0 Å². The highest BCUT2D eigenvalue weighted by molar-refractivity contribution is 5.84. The Morgan fingerprint density at radius 1 is 0.900 bits per heavy atom. The van der Waals surface area contributed by atoms with Crippen LogP contribution >= 0.6 is 0 Å². The van der Waals surface area contributed by atoms with Gasteiger partial charge in [-0.05, 0) is 23.3 Å². The highest BCUT2D eigenvalue weighted by Gasteiger charge is 2.40. The first-order valence-electron chi connectivity index (χ1n) is 6.95. The zero-order valence-electron chi connectivity index (χ0n) is 10.8. The predicted octanol–water partition coefficient (Wildman–Crippen LogP) is 3.79. The number of aromatic nitrogens is 2. The van der Waals surface area contributed by atoms with Crippen LogP contribution in [0.2, 0.25) is 0 Å². The second-order valence-corrected chi connectivity index (χ2v) is 5.48. The van der Waals surface area contributed by atoms with Crippen LogP contribution < -0.4 is 0 Å². The van der Waals surface area contributed by atoms with Crippen LogP contribution in [0.3, 0.4) is 0 Å². The first-order valence-corrected chi connectivity index (χ1v) is 6.95. The average molecular weight is 256 g/mol. The number of allylic oxidation sites excluding steroid dienone is 8. The number of para-hydroxylation sites is 2. The molecule has 94 valence electrons. The number of fused-ring (bicyclic) bond motifs is 4. The van der Waals surface area contributed by atoms with Gasteiger partial charge in [-0.25, -0.2) is 9.97 Å². The van der Waals surface area contributed by atoms with Crippen LogP contribution in [0.15, 0.2) is 66.3 Å². The highest BCUT2D eigenvalue weighted by Crippen LogP contribution is 2.51. The summed E-state index contributed by atoms with van der Waals surface area (Å²) >= 11 is 0. The standard InChI is InChI=1S/C18H12N2/c1-2-10-15-14(9-1)19-17-12-7-3-5-11-6-4-8-13(16(11)12)18(17)20-15/h1-10,12,16H/t12-,16-/m0/s1. The van der Waals surface area contributed by atoms with Gasteiger partial charge in [0.1, 0.15) is 0 Å². The van der Waals surface area contributed by atoms with Crippen molar-refractivity contribution in [3.63, 3.8) is 0 Å². The summed E-state index contributed by atoms with van der Waals surface area (Å²) in [5.74, 6) is 0.759. The van der Waals surface area contributed by atoms with Crippen molar-refractivity contribution in [1.29, 1.82) is 0 Å². The third-order valence-corrected chi connectivity index (χ3v) is 4.41. The van der Waals surface area contributed by atoms with Gasteiger partial charge in [-0.2, -0.15) is 0 Å². The number of hydrogen-bond donors (Lipinski definition) is 0. The molecule has 2 nitrogen and oxygen atoms in total. The summed E-state index contributed by atoms with van der Waals surface area (Å²) in [6, 6.07) is 8.12. The fourth-order valence-electron chi connectivity index (χ4n) is 3.54. The van der Waals surface area contributed by atoms with Crippen molar-refractivity contribution in [2.24, 2.45) is 5.92 Å². The third kappa shape index (κ3) is 1.19. The Labute approximate surface area is 116 Å². The van der Waals surface area contributed by atoms with E-state index in [4.69, 9.17) is 9.97 Å². The zero-order valence-corrected chi connectivity index (χ0v) is 10.8. The topological polar surface area (TPSA) is 25.8 Å². The molecule has 2 heteroatoms. The minimum Gasteiger partial charge on any atom is -0.248 e. The molecule has 0 unspecified atom stereocenters. The van der Waals surface area contributed by atoms with Gasteiger partial charge in [0.2, 0.25) is 0 Å². The third-order valence-electron chi connectivity index (χ3n) is 4.41. The lowest BCUT2D eigenvalue weighted by Crippen LogP contribution is -2.12. The van der Waals surface area contributed by atoms with E-state index in [1.807, 2.05) is 24.3 Å². The van der Waals surface area contributed by atoms with E-state index in [1.165, 1.54) is 11.1 Å². The molecular weight excluding hydrogens is 244 g/mol. The summed E-state index contributed by atoms with van der Waals surface area (Å²) in [4.78, 5) is 9.77. The van der Waals surface area contributed by atoms with Crippen LogP contribution in [0.1, 0.15) is 17.3 Å². The Balaban J connectivity index is 1.87. The summed E-state index contributed by atoms with van der Waals surface area (Å²) in [5, 5.41) is 0. The molecule has 5 rings (SSSR count). The molecule has 0 bridgehead atoms. The lowest BCUT2D eigenvalue weighted by molar-refractivity contribution is 0.707. The van der Waals surface area contributed by atoms with E-state index in [2.05, 4.69) is 36.5 Å². The number of benzene rings is 1. The molecule has 0 radical (unpaired) electrons. The first kappa shape index (κ1) is 10.3. The van der Waals surface area contributed by atoms with Gasteiger partial charge < -0.3 is 0 Å². The van der Waals surface area contributed by atoms with Crippen LogP contribution in [-0.2, 0) is 0 Å². The minimum absolute atomic E-state index is 0.346. The average Bonchev–Trinajstić information content (AvgIpc) is 2.82. The second kappa shape index (κ2) is 3.54. The van der Waals surface area contributed by atoms with E-state index < -0.39 is 0 Å². The Morgan fingerprint density at radius 3 is 2.65 bits per heavy atom. The molecule has 0 fully saturated rings. The van der Waals surface area contributed by atoms with Crippen molar-refractivity contribution in [1.82, 2.24) is 9.97 Å². The van der Waals surface area contributed by atoms with Gasteiger partial charge in [-0.1, -0.05) is 48.6 Å². The van der Waals surface area contributed by atoms with Crippen molar-refractivity contribution < 1.29 is 0 Å². The molecule has 3 aliphatic rings. The van der Waals surface area contributed by atoms with Crippen molar-refractivity contribution in [2.45, 2.75) is 5.92 Å². The number of nitrogens with zero attached hydrogens (tertiary/aromatic N) is 2. The molecule has 0 amide bonds. The Hall–Kier alpha value is -2.48. The molecule has 3 aliphatic carbocycles. The van der Waals surface area contributed by atoms with Crippen molar-refractivity contribution in [3.05, 3.63) is 77.7 Å². The monoisotopic (exact) mass is 256 g/mol. The van der Waals surface area contributed by atoms with Gasteiger partial charge in [0, 0.05) is 11.8 Å². The molecule has 1 aromatic carbocycles. The van der Waals surface area contributed by atoms with Crippen LogP contribution in [0.5, 0.6) is 0 Å². The molecule has 0 saturated heterocycles. The van der Waals surface area contributed by atoms with E-state index in [0.717, 1.165) is 22.4 Å². The van der Waals surface area contributed by atoms with Crippen molar-refractivity contribution in [3.8, 4) is 0 Å². The van der Waals surface area contributed by atoms with E-state index in [1.54, 1.807) is 0 Å². The molecule has 0 N–H and O–H groups in total. The molecule has 2 atom stereocenters.